The molecule has 0 unspecified atom stereocenters. The molecule has 8 heteroatoms. The van der Waals surface area contributed by atoms with Crippen molar-refractivity contribution >= 4 is 17.8 Å². The third kappa shape index (κ3) is 3.20. The zero-order valence-corrected chi connectivity index (χ0v) is 13.9. The maximum absolute atomic E-state index is 14.1. The molecule has 1 aromatic rings. The molecule has 1 saturated carbocycles. The lowest BCUT2D eigenvalue weighted by atomic mass is 9.91. The normalized spacial score (nSPS) is 24.2. The van der Waals surface area contributed by atoms with Gasteiger partial charge in [-0.05, 0) is 50.8 Å². The Morgan fingerprint density at radius 3 is 2.72 bits per heavy atom. The number of nitrogens with zero attached hydrogens (tertiary/aromatic N) is 1. The van der Waals surface area contributed by atoms with Crippen LogP contribution in [0.2, 0.25) is 0 Å². The van der Waals surface area contributed by atoms with Crippen LogP contribution in [0.5, 0.6) is 0 Å². The first-order valence-corrected chi connectivity index (χ1v) is 8.11. The van der Waals surface area contributed by atoms with Crippen molar-refractivity contribution in [2.75, 3.05) is 6.54 Å². The summed E-state index contributed by atoms with van der Waals surface area (Å²) in [6, 6.07) is 1.84. The number of urea groups is 1. The fourth-order valence-corrected chi connectivity index (χ4v) is 3.06. The van der Waals surface area contributed by atoms with Crippen LogP contribution < -0.4 is 10.6 Å². The van der Waals surface area contributed by atoms with Crippen LogP contribution in [0.15, 0.2) is 18.2 Å². The summed E-state index contributed by atoms with van der Waals surface area (Å²) < 4.78 is 27.5. The molecule has 1 aliphatic carbocycles. The number of carbonyl (C=O) groups is 3. The summed E-state index contributed by atoms with van der Waals surface area (Å²) >= 11 is 0. The molecule has 0 bridgehead atoms. The number of imide groups is 1. The van der Waals surface area contributed by atoms with Gasteiger partial charge in [-0.25, -0.2) is 13.6 Å². The predicted molar refractivity (Wildman–Crippen MR) is 84.3 cm³/mol. The van der Waals surface area contributed by atoms with E-state index in [4.69, 9.17) is 0 Å². The zero-order valence-electron chi connectivity index (χ0n) is 13.9. The highest BCUT2D eigenvalue weighted by molar-refractivity contribution is 6.09. The molecule has 0 aromatic heterocycles. The van der Waals surface area contributed by atoms with E-state index in [2.05, 4.69) is 10.6 Å². The van der Waals surface area contributed by atoms with Crippen LogP contribution in [0.4, 0.5) is 13.6 Å². The number of carbonyl (C=O) groups excluding carboxylic acids is 3. The van der Waals surface area contributed by atoms with E-state index in [1.165, 1.54) is 6.92 Å². The van der Waals surface area contributed by atoms with E-state index in [1.54, 1.807) is 0 Å². The van der Waals surface area contributed by atoms with Gasteiger partial charge in [0.15, 0.2) is 0 Å². The van der Waals surface area contributed by atoms with E-state index in [0.717, 1.165) is 35.9 Å². The van der Waals surface area contributed by atoms with E-state index >= 15 is 0 Å². The van der Waals surface area contributed by atoms with Crippen molar-refractivity contribution in [3.8, 4) is 0 Å². The molecule has 1 saturated heterocycles. The van der Waals surface area contributed by atoms with Crippen LogP contribution in [0.1, 0.15) is 32.3 Å². The average molecular weight is 351 g/mol. The summed E-state index contributed by atoms with van der Waals surface area (Å²) in [5.41, 5.74) is -2.04. The summed E-state index contributed by atoms with van der Waals surface area (Å²) in [5, 5.41) is 5.11. The summed E-state index contributed by atoms with van der Waals surface area (Å²) in [4.78, 5) is 37.6. The van der Waals surface area contributed by atoms with Crippen LogP contribution >= 0.6 is 0 Å². The molecular formula is C17H19F2N3O3. The number of hydrogen-bond acceptors (Lipinski definition) is 3. The van der Waals surface area contributed by atoms with Crippen LogP contribution in [0, 0.1) is 17.6 Å². The van der Waals surface area contributed by atoms with Gasteiger partial charge in [0.2, 0.25) is 5.91 Å². The third-order valence-electron chi connectivity index (χ3n) is 4.76. The lowest BCUT2D eigenvalue weighted by Gasteiger charge is -2.23. The van der Waals surface area contributed by atoms with Gasteiger partial charge >= 0.3 is 6.03 Å². The van der Waals surface area contributed by atoms with E-state index in [0.29, 0.717) is 5.92 Å². The van der Waals surface area contributed by atoms with Gasteiger partial charge in [0.25, 0.3) is 5.91 Å². The Balaban J connectivity index is 1.77. The minimum absolute atomic E-state index is 0.0275. The third-order valence-corrected chi connectivity index (χ3v) is 4.76. The molecule has 2 atom stereocenters. The molecule has 4 amide bonds. The SMILES string of the molecule is C[C@@H](NC(=O)CN1C(=O)N[C@@](C)(c2cc(F)ccc2F)C1=O)C1CC1. The summed E-state index contributed by atoms with van der Waals surface area (Å²) in [6.45, 7) is 2.69. The predicted octanol–water partition coefficient (Wildman–Crippen LogP) is 1.65. The average Bonchev–Trinajstić information content (AvgIpc) is 3.35. The van der Waals surface area contributed by atoms with Gasteiger partial charge in [0.1, 0.15) is 23.7 Å². The van der Waals surface area contributed by atoms with Gasteiger partial charge in [-0.15, -0.1) is 0 Å². The largest absolute Gasteiger partial charge is 0.352 e. The Morgan fingerprint density at radius 2 is 2.08 bits per heavy atom. The number of rotatable bonds is 5. The second kappa shape index (κ2) is 6.09. The number of halogens is 2. The van der Waals surface area contributed by atoms with Crippen molar-refractivity contribution in [1.29, 1.82) is 0 Å². The standard InChI is InChI=1S/C17H19F2N3O3/c1-9(10-3-4-10)20-14(23)8-22-15(24)17(2,21-16(22)25)12-7-11(18)5-6-13(12)19/h5-7,9-10H,3-4,8H2,1-2H3,(H,20,23)(H,21,25)/t9-,17+/m1/s1. The van der Waals surface area contributed by atoms with Gasteiger partial charge in [-0.2, -0.15) is 0 Å². The smallest absolute Gasteiger partial charge is 0.325 e. The fourth-order valence-electron chi connectivity index (χ4n) is 3.06. The van der Waals surface area contributed by atoms with Crippen molar-refractivity contribution in [2.24, 2.45) is 5.92 Å². The minimum atomic E-state index is -1.76. The van der Waals surface area contributed by atoms with Gasteiger partial charge in [0.05, 0.1) is 0 Å². The molecule has 6 nitrogen and oxygen atoms in total. The van der Waals surface area contributed by atoms with Crippen molar-refractivity contribution in [2.45, 2.75) is 38.3 Å². The second-order valence-electron chi connectivity index (χ2n) is 6.76. The van der Waals surface area contributed by atoms with Crippen molar-refractivity contribution in [3.63, 3.8) is 0 Å². The first-order valence-electron chi connectivity index (χ1n) is 8.11. The highest BCUT2D eigenvalue weighted by atomic mass is 19.1. The number of benzene rings is 1. The van der Waals surface area contributed by atoms with Crippen molar-refractivity contribution in [1.82, 2.24) is 15.5 Å². The monoisotopic (exact) mass is 351 g/mol. The van der Waals surface area contributed by atoms with E-state index in [-0.39, 0.29) is 11.6 Å². The first kappa shape index (κ1) is 17.3. The van der Waals surface area contributed by atoms with Gasteiger partial charge in [-0.1, -0.05) is 0 Å². The lowest BCUT2D eigenvalue weighted by molar-refractivity contribution is -0.135. The highest BCUT2D eigenvalue weighted by Crippen LogP contribution is 2.33. The van der Waals surface area contributed by atoms with E-state index in [9.17, 15) is 23.2 Å². The molecule has 25 heavy (non-hydrogen) atoms. The molecule has 134 valence electrons. The first-order chi connectivity index (χ1) is 11.7. The molecule has 1 aliphatic heterocycles. The quantitative estimate of drug-likeness (QED) is 0.792. The van der Waals surface area contributed by atoms with Crippen molar-refractivity contribution in [3.05, 3.63) is 35.4 Å². The van der Waals surface area contributed by atoms with Crippen LogP contribution in [0.25, 0.3) is 0 Å². The topological polar surface area (TPSA) is 78.5 Å². The second-order valence-corrected chi connectivity index (χ2v) is 6.76. The van der Waals surface area contributed by atoms with Crippen LogP contribution in [0.3, 0.4) is 0 Å². The Morgan fingerprint density at radius 1 is 1.40 bits per heavy atom. The molecule has 3 rings (SSSR count). The summed E-state index contributed by atoms with van der Waals surface area (Å²) in [6.07, 6.45) is 2.09. The molecule has 2 fully saturated rings. The maximum Gasteiger partial charge on any atom is 0.325 e. The van der Waals surface area contributed by atoms with Crippen LogP contribution in [-0.4, -0.2) is 35.3 Å². The molecule has 1 heterocycles. The Bertz CT molecular complexity index is 751. The molecule has 1 aromatic carbocycles. The molecule has 0 spiro atoms. The molecule has 0 radical (unpaired) electrons. The van der Waals surface area contributed by atoms with Crippen LogP contribution in [-0.2, 0) is 15.1 Å². The maximum atomic E-state index is 14.1. The lowest BCUT2D eigenvalue weighted by Crippen LogP contribution is -2.45. The van der Waals surface area contributed by atoms with Gasteiger partial charge in [0, 0.05) is 11.6 Å². The van der Waals surface area contributed by atoms with E-state index < -0.39 is 41.6 Å². The summed E-state index contributed by atoms with van der Waals surface area (Å²) in [5.74, 6) is -2.37. The highest BCUT2D eigenvalue weighted by Gasteiger charge is 2.51. The fraction of sp³-hybridized carbons (Fsp3) is 0.471. The number of hydrogen-bond donors (Lipinski definition) is 2. The number of nitrogens with one attached hydrogen (secondary N) is 2. The Labute approximate surface area is 143 Å². The van der Waals surface area contributed by atoms with E-state index in [1.807, 2.05) is 6.92 Å². The molecular weight excluding hydrogens is 332 g/mol. The van der Waals surface area contributed by atoms with Gasteiger partial charge in [-0.3, -0.25) is 14.5 Å². The van der Waals surface area contributed by atoms with Crippen molar-refractivity contribution < 1.29 is 23.2 Å². The minimum Gasteiger partial charge on any atom is -0.352 e. The number of amides is 4. The zero-order chi connectivity index (χ0) is 18.4. The Hall–Kier alpha value is -2.51. The Kier molecular flexibility index (Phi) is 4.22. The molecule has 2 N–H and O–H groups in total. The van der Waals surface area contributed by atoms with Gasteiger partial charge < -0.3 is 10.6 Å². The molecule has 2 aliphatic rings. The summed E-state index contributed by atoms with van der Waals surface area (Å²) in [7, 11) is 0.